The van der Waals surface area contributed by atoms with Crippen LogP contribution in [-0.2, 0) is 11.2 Å². The van der Waals surface area contributed by atoms with Crippen molar-refractivity contribution in [2.75, 3.05) is 13.7 Å². The quantitative estimate of drug-likeness (QED) is 0.567. The number of fused-ring (bicyclic) bond motifs is 3. The van der Waals surface area contributed by atoms with Gasteiger partial charge in [-0.2, -0.15) is 0 Å². The molecule has 0 unspecified atom stereocenters. The Balaban J connectivity index is 2.01. The van der Waals surface area contributed by atoms with Gasteiger partial charge in [-0.1, -0.05) is 26.0 Å². The minimum Gasteiger partial charge on any atom is -0.507 e. The summed E-state index contributed by atoms with van der Waals surface area (Å²) in [5.41, 5.74) is 5.20. The van der Waals surface area contributed by atoms with Gasteiger partial charge in [-0.25, -0.2) is 0 Å². The Morgan fingerprint density at radius 3 is 2.47 bits per heavy atom. The molecule has 0 heterocycles. The molecule has 0 bridgehead atoms. The van der Waals surface area contributed by atoms with E-state index in [0.717, 1.165) is 0 Å². The lowest BCUT2D eigenvalue weighted by Crippen LogP contribution is -2.39. The van der Waals surface area contributed by atoms with Crippen molar-refractivity contribution in [2.24, 2.45) is 11.1 Å². The van der Waals surface area contributed by atoms with Crippen LogP contribution in [-0.4, -0.2) is 41.2 Å². The number of Topliss-reactive ketones (excluding diaryl/α,β-unsaturated/α-hetero) is 1. The van der Waals surface area contributed by atoms with Crippen molar-refractivity contribution in [1.82, 2.24) is 0 Å². The van der Waals surface area contributed by atoms with Crippen molar-refractivity contribution in [2.45, 2.75) is 32.6 Å². The maximum absolute atomic E-state index is 13.3. The number of hydrogen-bond donors (Lipinski definition) is 3. The van der Waals surface area contributed by atoms with E-state index in [1.54, 1.807) is 19.1 Å². The third-order valence-electron chi connectivity index (χ3n) is 6.44. The lowest BCUT2D eigenvalue weighted by Gasteiger charge is -2.39. The first-order valence-electron chi connectivity index (χ1n) is 9.76. The zero-order valence-electron chi connectivity index (χ0n) is 17.0. The summed E-state index contributed by atoms with van der Waals surface area (Å²) < 4.78 is 5.25. The fraction of sp³-hybridized carbons (Fsp3) is 0.348. The van der Waals surface area contributed by atoms with Gasteiger partial charge >= 0.3 is 0 Å². The van der Waals surface area contributed by atoms with Crippen molar-refractivity contribution >= 4 is 17.3 Å². The van der Waals surface area contributed by atoms with Crippen LogP contribution in [0.3, 0.4) is 0 Å². The summed E-state index contributed by atoms with van der Waals surface area (Å²) in [5, 5.41) is 22.2. The van der Waals surface area contributed by atoms with Gasteiger partial charge in [0.15, 0.2) is 11.6 Å². The fourth-order valence-corrected chi connectivity index (χ4v) is 5.03. The van der Waals surface area contributed by atoms with Crippen LogP contribution in [0.2, 0.25) is 0 Å². The number of hydrogen-bond acceptors (Lipinski definition) is 7. The van der Waals surface area contributed by atoms with E-state index >= 15 is 0 Å². The minimum absolute atomic E-state index is 0.0683. The Bertz CT molecular complexity index is 1140. The summed E-state index contributed by atoms with van der Waals surface area (Å²) in [4.78, 5) is 39.0. The van der Waals surface area contributed by atoms with E-state index in [9.17, 15) is 24.6 Å². The Morgan fingerprint density at radius 1 is 1.17 bits per heavy atom. The molecule has 0 spiro atoms. The topological polar surface area (TPSA) is 127 Å². The van der Waals surface area contributed by atoms with Gasteiger partial charge < -0.3 is 20.7 Å². The van der Waals surface area contributed by atoms with Crippen molar-refractivity contribution in [3.63, 3.8) is 0 Å². The van der Waals surface area contributed by atoms with Crippen LogP contribution in [0, 0.1) is 5.41 Å². The molecule has 0 aliphatic heterocycles. The maximum Gasteiger partial charge on any atom is 0.202 e. The molecule has 0 aromatic heterocycles. The highest BCUT2D eigenvalue weighted by Crippen LogP contribution is 2.53. The molecule has 2 aliphatic carbocycles. The molecule has 4 N–H and O–H groups in total. The third-order valence-corrected chi connectivity index (χ3v) is 6.44. The monoisotopic (exact) mass is 409 g/mol. The molecule has 7 heteroatoms. The number of benzene rings is 2. The second kappa shape index (κ2) is 6.67. The van der Waals surface area contributed by atoms with Gasteiger partial charge in [0, 0.05) is 22.1 Å². The second-order valence-corrected chi connectivity index (χ2v) is 8.35. The molecule has 0 saturated heterocycles. The van der Waals surface area contributed by atoms with Crippen LogP contribution in [0.15, 0.2) is 18.2 Å². The van der Waals surface area contributed by atoms with E-state index in [1.807, 2.05) is 6.92 Å². The van der Waals surface area contributed by atoms with Crippen molar-refractivity contribution in [3.8, 4) is 17.2 Å². The highest BCUT2D eigenvalue weighted by atomic mass is 16.5. The van der Waals surface area contributed by atoms with Crippen LogP contribution in [0.25, 0.3) is 0 Å². The molecule has 156 valence electrons. The van der Waals surface area contributed by atoms with Crippen LogP contribution >= 0.6 is 0 Å². The van der Waals surface area contributed by atoms with Crippen molar-refractivity contribution < 1.29 is 29.3 Å². The lowest BCUT2D eigenvalue weighted by molar-refractivity contribution is -0.127. The number of carbonyl (C=O) groups excluding carboxylic acids is 3. The molecule has 30 heavy (non-hydrogen) atoms. The second-order valence-electron chi connectivity index (χ2n) is 8.35. The molecule has 7 nitrogen and oxygen atoms in total. The molecule has 2 aromatic carbocycles. The van der Waals surface area contributed by atoms with Crippen LogP contribution < -0.4 is 10.5 Å². The van der Waals surface area contributed by atoms with E-state index in [0.29, 0.717) is 17.5 Å². The molecule has 0 saturated carbocycles. The van der Waals surface area contributed by atoms with Gasteiger partial charge in [-0.15, -0.1) is 0 Å². The van der Waals surface area contributed by atoms with Gasteiger partial charge in [-0.05, 0) is 24.8 Å². The Labute approximate surface area is 173 Å². The average Bonchev–Trinajstić information content (AvgIpc) is 2.72. The Kier molecular flexibility index (Phi) is 4.47. The maximum atomic E-state index is 13.3. The standard InChI is InChI=1S/C23H23NO6/c1-10-7-23(2,14(25)9-24)8-12-15(10)21(28)18-17(20(12)27)19(26)11-5-4-6-13(30-3)16(11)22(18)29/h4-6,10,27-28H,7-9,24H2,1-3H3/t10-,23-/m0/s1. The van der Waals surface area contributed by atoms with Gasteiger partial charge in [0.2, 0.25) is 5.78 Å². The molecule has 0 radical (unpaired) electrons. The predicted octanol–water partition coefficient (Wildman–Crippen LogP) is 2.47. The normalized spacial score (nSPS) is 22.2. The molecule has 4 rings (SSSR count). The van der Waals surface area contributed by atoms with E-state index in [4.69, 9.17) is 10.5 Å². The zero-order valence-corrected chi connectivity index (χ0v) is 17.0. The number of ether oxygens (including phenoxy) is 1. The van der Waals surface area contributed by atoms with Gasteiger partial charge in [0.05, 0.1) is 30.3 Å². The van der Waals surface area contributed by atoms with Crippen LogP contribution in [0.1, 0.15) is 69.2 Å². The number of phenols is 2. The number of nitrogens with two attached hydrogens (primary N) is 1. The van der Waals surface area contributed by atoms with E-state index in [2.05, 4.69) is 0 Å². The van der Waals surface area contributed by atoms with Gasteiger partial charge in [0.25, 0.3) is 0 Å². The number of ketones is 3. The van der Waals surface area contributed by atoms with E-state index in [-0.39, 0.29) is 64.2 Å². The predicted molar refractivity (Wildman–Crippen MR) is 109 cm³/mol. The third kappa shape index (κ3) is 2.51. The first-order chi connectivity index (χ1) is 14.2. The first kappa shape index (κ1) is 20.1. The summed E-state index contributed by atoms with van der Waals surface area (Å²) in [6, 6.07) is 4.64. The molecule has 0 fully saturated rings. The molecular weight excluding hydrogens is 386 g/mol. The summed E-state index contributed by atoms with van der Waals surface area (Å²) in [6.45, 7) is 3.45. The number of rotatable bonds is 3. The summed E-state index contributed by atoms with van der Waals surface area (Å²) in [6.07, 6.45) is 0.533. The highest BCUT2D eigenvalue weighted by molar-refractivity contribution is 6.31. The van der Waals surface area contributed by atoms with Crippen LogP contribution in [0.5, 0.6) is 17.2 Å². The van der Waals surface area contributed by atoms with Crippen molar-refractivity contribution in [1.29, 1.82) is 0 Å². The van der Waals surface area contributed by atoms with Crippen molar-refractivity contribution in [3.05, 3.63) is 51.6 Å². The largest absolute Gasteiger partial charge is 0.507 e. The minimum atomic E-state index is -0.831. The molecule has 2 aromatic rings. The first-order valence-corrected chi connectivity index (χ1v) is 9.76. The Hall–Kier alpha value is -3.19. The highest BCUT2D eigenvalue weighted by Gasteiger charge is 2.45. The molecule has 2 atom stereocenters. The number of methoxy groups -OCH3 is 1. The van der Waals surface area contributed by atoms with E-state index in [1.165, 1.54) is 13.2 Å². The summed E-state index contributed by atoms with van der Waals surface area (Å²) in [5.74, 6) is -2.08. The smallest absolute Gasteiger partial charge is 0.202 e. The Morgan fingerprint density at radius 2 is 1.83 bits per heavy atom. The van der Waals surface area contributed by atoms with Crippen LogP contribution in [0.4, 0.5) is 0 Å². The molecular formula is C23H23NO6. The number of carbonyl (C=O) groups is 3. The lowest BCUT2D eigenvalue weighted by atomic mass is 9.64. The summed E-state index contributed by atoms with van der Waals surface area (Å²) in [7, 11) is 1.39. The number of phenolic OH excluding ortho intramolecular Hbond substituents is 2. The zero-order chi connectivity index (χ0) is 22.0. The molecule has 2 aliphatic rings. The van der Waals surface area contributed by atoms with Gasteiger partial charge in [0.1, 0.15) is 17.2 Å². The number of aromatic hydroxyl groups is 2. The summed E-state index contributed by atoms with van der Waals surface area (Å²) >= 11 is 0. The van der Waals surface area contributed by atoms with E-state index < -0.39 is 17.0 Å². The molecule has 0 amide bonds. The van der Waals surface area contributed by atoms with Gasteiger partial charge in [-0.3, -0.25) is 14.4 Å². The SMILES string of the molecule is COc1cccc2c1C(=O)c1c(O)c3c(c(O)c1C2=O)C[C@@](C)(C(=O)CN)C[C@@H]3C. The average molecular weight is 409 g/mol. The fourth-order valence-electron chi connectivity index (χ4n) is 5.03.